The molecule has 0 N–H and O–H groups in total. The number of piperidine rings is 1. The van der Waals surface area contributed by atoms with Gasteiger partial charge in [0.25, 0.3) is 0 Å². The molecule has 0 bridgehead atoms. The highest BCUT2D eigenvalue weighted by Crippen LogP contribution is 2.44. The molecule has 2 saturated heterocycles. The van der Waals surface area contributed by atoms with Crippen LogP contribution < -0.4 is 9.64 Å². The van der Waals surface area contributed by atoms with Crippen LogP contribution in [0.1, 0.15) is 37.4 Å². The van der Waals surface area contributed by atoms with E-state index in [0.29, 0.717) is 23.1 Å². The molecule has 3 aliphatic rings. The first-order valence-electron chi connectivity index (χ1n) is 11.2. The molecule has 0 unspecified atom stereocenters. The predicted octanol–water partition coefficient (Wildman–Crippen LogP) is 4.69. The van der Waals surface area contributed by atoms with Gasteiger partial charge in [0.15, 0.2) is 0 Å². The number of hydrogen-bond donors (Lipinski definition) is 0. The van der Waals surface area contributed by atoms with Gasteiger partial charge in [0, 0.05) is 43.0 Å². The van der Waals surface area contributed by atoms with Gasteiger partial charge in [0.1, 0.15) is 11.4 Å². The van der Waals surface area contributed by atoms with Crippen molar-refractivity contribution in [2.45, 2.75) is 45.6 Å². The van der Waals surface area contributed by atoms with Crippen LogP contribution in [-0.2, 0) is 11.2 Å². The molecule has 3 aromatic rings. The zero-order valence-electron chi connectivity index (χ0n) is 18.0. The molecule has 1 spiro atoms. The molecule has 6 rings (SSSR count). The van der Waals surface area contributed by atoms with Gasteiger partial charge in [-0.1, -0.05) is 23.7 Å². The van der Waals surface area contributed by atoms with E-state index in [1.54, 1.807) is 0 Å². The van der Waals surface area contributed by atoms with Crippen molar-refractivity contribution in [3.8, 4) is 16.9 Å². The summed E-state index contributed by atoms with van der Waals surface area (Å²) in [5, 5.41) is 0.660. The maximum Gasteiger partial charge on any atom is 0.211 e. The summed E-state index contributed by atoms with van der Waals surface area (Å²) in [4.78, 5) is 12.2. The second-order valence-corrected chi connectivity index (χ2v) is 9.70. The molecular weight excluding hydrogens is 412 g/mol. The van der Waals surface area contributed by atoms with Gasteiger partial charge in [-0.2, -0.15) is 0 Å². The average molecular weight is 439 g/mol. The van der Waals surface area contributed by atoms with Crippen molar-refractivity contribution in [2.75, 3.05) is 31.2 Å². The molecule has 0 aliphatic carbocycles. The highest BCUT2D eigenvalue weighted by molar-refractivity contribution is 6.35. The molecule has 0 saturated carbocycles. The van der Waals surface area contributed by atoms with Gasteiger partial charge in [-0.15, -0.1) is 0 Å². The Morgan fingerprint density at radius 1 is 1.23 bits per heavy atom. The highest BCUT2D eigenvalue weighted by atomic mass is 35.5. The maximum atomic E-state index is 6.79. The van der Waals surface area contributed by atoms with E-state index < -0.39 is 0 Å². The van der Waals surface area contributed by atoms with Crippen molar-refractivity contribution in [2.24, 2.45) is 5.41 Å². The number of fused-ring (bicyclic) bond motifs is 2. The lowest BCUT2D eigenvalue weighted by atomic mass is 9.77. The molecular formula is C24H27ClN4O2. The first-order chi connectivity index (χ1) is 15.0. The number of benzene rings is 1. The maximum absolute atomic E-state index is 6.79. The first-order valence-corrected chi connectivity index (χ1v) is 11.6. The molecule has 1 atom stereocenters. The van der Waals surface area contributed by atoms with E-state index >= 15 is 0 Å². The number of rotatable bonds is 2. The lowest BCUT2D eigenvalue weighted by Gasteiger charge is -2.39. The van der Waals surface area contributed by atoms with Crippen molar-refractivity contribution in [1.82, 2.24) is 14.4 Å². The summed E-state index contributed by atoms with van der Waals surface area (Å²) in [6, 6.07) is 4.20. The molecule has 3 aliphatic heterocycles. The minimum Gasteiger partial charge on any atom is -0.491 e. The number of ether oxygens (including phenoxy) is 2. The third-order valence-corrected chi connectivity index (χ3v) is 7.65. The molecule has 7 heteroatoms. The smallest absolute Gasteiger partial charge is 0.211 e. The van der Waals surface area contributed by atoms with Gasteiger partial charge < -0.3 is 14.4 Å². The van der Waals surface area contributed by atoms with Crippen LogP contribution in [0, 0.1) is 12.3 Å². The zero-order chi connectivity index (χ0) is 21.2. The van der Waals surface area contributed by atoms with Crippen molar-refractivity contribution in [3.05, 3.63) is 40.8 Å². The van der Waals surface area contributed by atoms with Crippen molar-refractivity contribution in [3.63, 3.8) is 0 Å². The molecule has 5 heterocycles. The summed E-state index contributed by atoms with van der Waals surface area (Å²) in [5.74, 6) is 1.77. The second kappa shape index (κ2) is 7.10. The number of aromatic nitrogens is 3. The average Bonchev–Trinajstić information content (AvgIpc) is 3.50. The minimum absolute atomic E-state index is 0.344. The van der Waals surface area contributed by atoms with Gasteiger partial charge in [-0.3, -0.25) is 4.40 Å². The summed E-state index contributed by atoms with van der Waals surface area (Å²) in [7, 11) is 0. The summed E-state index contributed by atoms with van der Waals surface area (Å²) in [5.41, 5.74) is 5.25. The Bertz CT molecular complexity index is 1170. The Balaban J connectivity index is 1.38. The van der Waals surface area contributed by atoms with E-state index in [1.165, 1.54) is 12.0 Å². The number of hydrogen-bond acceptors (Lipinski definition) is 5. The monoisotopic (exact) mass is 438 g/mol. The fourth-order valence-electron chi connectivity index (χ4n) is 5.59. The van der Waals surface area contributed by atoms with Crippen LogP contribution in [0.15, 0.2) is 24.5 Å². The minimum atomic E-state index is 0.344. The summed E-state index contributed by atoms with van der Waals surface area (Å²) < 4.78 is 13.8. The van der Waals surface area contributed by atoms with Crippen LogP contribution >= 0.6 is 11.6 Å². The van der Waals surface area contributed by atoms with Crippen LogP contribution in [0.25, 0.3) is 16.8 Å². The van der Waals surface area contributed by atoms with Crippen LogP contribution in [0.4, 0.5) is 5.95 Å². The van der Waals surface area contributed by atoms with E-state index in [4.69, 9.17) is 31.0 Å². The highest BCUT2D eigenvalue weighted by Gasteiger charge is 2.41. The van der Waals surface area contributed by atoms with Gasteiger partial charge in [-0.25, -0.2) is 9.97 Å². The SMILES string of the molecule is Cc1nc(N2CCC3(CC2)CO[C@@H](C)C3)n2ccnc2c1-c1ccc2c(c1Cl)OCC2. The Labute approximate surface area is 187 Å². The van der Waals surface area contributed by atoms with Crippen LogP contribution in [0.2, 0.25) is 5.02 Å². The van der Waals surface area contributed by atoms with E-state index in [0.717, 1.165) is 73.1 Å². The van der Waals surface area contributed by atoms with E-state index in [2.05, 4.69) is 35.3 Å². The molecule has 1 aromatic carbocycles. The third-order valence-electron chi connectivity index (χ3n) is 7.28. The largest absolute Gasteiger partial charge is 0.491 e. The van der Waals surface area contributed by atoms with Crippen molar-refractivity contribution in [1.29, 1.82) is 0 Å². The molecule has 0 radical (unpaired) electrons. The standard InChI is InChI=1S/C24H27ClN4O2/c1-15-13-24(14-31-15)6-9-28(10-7-24)23-27-16(2)19(22-26-8-11-29(22)23)18-4-3-17-5-12-30-21(17)20(18)25/h3-4,8,11,15H,5-7,9-10,12-14H2,1-2H3/t15-/m0/s1. The number of imidazole rings is 1. The quantitative estimate of drug-likeness (QED) is 0.581. The normalized spacial score (nSPS) is 22.3. The first kappa shape index (κ1) is 19.4. The van der Waals surface area contributed by atoms with Crippen LogP contribution in [0.5, 0.6) is 5.75 Å². The Morgan fingerprint density at radius 2 is 2.06 bits per heavy atom. The fourth-order valence-corrected chi connectivity index (χ4v) is 5.92. The van der Waals surface area contributed by atoms with Crippen molar-refractivity contribution >= 4 is 23.2 Å². The van der Waals surface area contributed by atoms with Crippen LogP contribution in [0.3, 0.4) is 0 Å². The molecule has 0 amide bonds. The van der Waals surface area contributed by atoms with Crippen LogP contribution in [-0.4, -0.2) is 46.8 Å². The number of nitrogens with zero attached hydrogens (tertiary/aromatic N) is 4. The Kier molecular flexibility index (Phi) is 4.44. The lowest BCUT2D eigenvalue weighted by molar-refractivity contribution is 0.0975. The van der Waals surface area contributed by atoms with Gasteiger partial charge in [0.05, 0.1) is 30.0 Å². The van der Waals surface area contributed by atoms with Gasteiger partial charge in [0.2, 0.25) is 5.95 Å². The Hall–Kier alpha value is -2.31. The van der Waals surface area contributed by atoms with Gasteiger partial charge in [-0.05, 0) is 44.1 Å². The van der Waals surface area contributed by atoms with E-state index in [9.17, 15) is 0 Å². The van der Waals surface area contributed by atoms with E-state index in [1.807, 2.05) is 12.4 Å². The van der Waals surface area contributed by atoms with Gasteiger partial charge >= 0.3 is 0 Å². The fraction of sp³-hybridized carbons (Fsp3) is 0.500. The number of halogens is 1. The second-order valence-electron chi connectivity index (χ2n) is 9.32. The Morgan fingerprint density at radius 3 is 2.84 bits per heavy atom. The molecule has 6 nitrogen and oxygen atoms in total. The summed E-state index contributed by atoms with van der Waals surface area (Å²) >= 11 is 6.79. The van der Waals surface area contributed by atoms with Crippen molar-refractivity contribution < 1.29 is 9.47 Å². The molecule has 162 valence electrons. The third kappa shape index (κ3) is 3.03. The number of aryl methyl sites for hydroxylation is 1. The van der Waals surface area contributed by atoms with E-state index in [-0.39, 0.29) is 0 Å². The molecule has 2 fully saturated rings. The topological polar surface area (TPSA) is 51.9 Å². The summed E-state index contributed by atoms with van der Waals surface area (Å²) in [6.45, 7) is 7.80. The summed E-state index contributed by atoms with van der Waals surface area (Å²) in [6.07, 6.45) is 8.60. The molecule has 31 heavy (non-hydrogen) atoms. The lowest BCUT2D eigenvalue weighted by Crippen LogP contribution is -2.41. The zero-order valence-corrected chi connectivity index (χ0v) is 18.8. The molecule has 2 aromatic heterocycles. The predicted molar refractivity (Wildman–Crippen MR) is 121 cm³/mol. The number of anilines is 1.